The molecule has 0 aliphatic heterocycles. The van der Waals surface area contributed by atoms with Gasteiger partial charge in [0.1, 0.15) is 11.4 Å². The van der Waals surface area contributed by atoms with Gasteiger partial charge in [0.15, 0.2) is 0 Å². The molecule has 26 heavy (non-hydrogen) atoms. The summed E-state index contributed by atoms with van der Waals surface area (Å²) in [7, 11) is 3.60. The molecule has 3 aromatic rings. The Morgan fingerprint density at radius 3 is 2.50 bits per heavy atom. The lowest BCUT2D eigenvalue weighted by molar-refractivity contribution is 0.102. The van der Waals surface area contributed by atoms with Crippen LogP contribution >= 0.6 is 0 Å². The van der Waals surface area contributed by atoms with Gasteiger partial charge in [0.05, 0.1) is 7.11 Å². The Morgan fingerprint density at radius 2 is 1.81 bits per heavy atom. The molecular weight excluding hydrogens is 326 g/mol. The third-order valence-electron chi connectivity index (χ3n) is 4.03. The van der Waals surface area contributed by atoms with Gasteiger partial charge < -0.3 is 15.0 Å². The number of amides is 1. The quantitative estimate of drug-likeness (QED) is 0.733. The molecule has 0 spiro atoms. The van der Waals surface area contributed by atoms with Crippen LogP contribution in [0.25, 0.3) is 0 Å². The van der Waals surface area contributed by atoms with Crippen LogP contribution in [0.5, 0.6) is 5.75 Å². The summed E-state index contributed by atoms with van der Waals surface area (Å²) in [5.41, 5.74) is 3.21. The van der Waals surface area contributed by atoms with Crippen LogP contribution in [-0.4, -0.2) is 25.0 Å². The number of nitrogens with zero attached hydrogens (tertiary/aromatic N) is 2. The molecule has 0 saturated carbocycles. The van der Waals surface area contributed by atoms with E-state index in [1.165, 1.54) is 5.56 Å². The van der Waals surface area contributed by atoms with E-state index in [-0.39, 0.29) is 5.91 Å². The first-order valence-electron chi connectivity index (χ1n) is 8.32. The van der Waals surface area contributed by atoms with E-state index in [1.807, 2.05) is 31.3 Å². The molecule has 0 atom stereocenters. The van der Waals surface area contributed by atoms with E-state index in [9.17, 15) is 4.79 Å². The summed E-state index contributed by atoms with van der Waals surface area (Å²) >= 11 is 0. The molecule has 0 saturated heterocycles. The number of pyridine rings is 1. The van der Waals surface area contributed by atoms with Crippen molar-refractivity contribution in [2.24, 2.45) is 0 Å². The average molecular weight is 347 g/mol. The minimum atomic E-state index is -0.245. The van der Waals surface area contributed by atoms with Crippen molar-refractivity contribution in [1.29, 1.82) is 0 Å². The van der Waals surface area contributed by atoms with Gasteiger partial charge in [-0.3, -0.25) is 9.78 Å². The molecule has 0 unspecified atom stereocenters. The predicted molar refractivity (Wildman–Crippen MR) is 104 cm³/mol. The number of hydrogen-bond donors (Lipinski definition) is 1. The zero-order valence-electron chi connectivity index (χ0n) is 14.8. The van der Waals surface area contributed by atoms with Gasteiger partial charge >= 0.3 is 0 Å². The van der Waals surface area contributed by atoms with Gasteiger partial charge in [0.2, 0.25) is 0 Å². The Labute approximate surface area is 153 Å². The molecule has 1 aromatic heterocycles. The zero-order chi connectivity index (χ0) is 18.4. The van der Waals surface area contributed by atoms with Gasteiger partial charge in [-0.15, -0.1) is 0 Å². The number of anilines is 2. The molecule has 5 heteroatoms. The summed E-state index contributed by atoms with van der Waals surface area (Å²) in [5, 5.41) is 2.85. The maximum atomic E-state index is 12.5. The molecule has 1 heterocycles. The third-order valence-corrected chi connectivity index (χ3v) is 4.03. The highest BCUT2D eigenvalue weighted by Crippen LogP contribution is 2.18. The Hall–Kier alpha value is -3.34. The summed E-state index contributed by atoms with van der Waals surface area (Å²) in [6, 6.07) is 21.1. The van der Waals surface area contributed by atoms with E-state index in [1.54, 1.807) is 43.6 Å². The van der Waals surface area contributed by atoms with Crippen LogP contribution in [0.2, 0.25) is 0 Å². The second-order valence-electron chi connectivity index (χ2n) is 5.92. The summed E-state index contributed by atoms with van der Waals surface area (Å²) in [4.78, 5) is 18.8. The highest BCUT2D eigenvalue weighted by molar-refractivity contribution is 6.03. The van der Waals surface area contributed by atoms with Crippen molar-refractivity contribution >= 4 is 17.3 Å². The number of rotatable bonds is 6. The number of benzene rings is 2. The zero-order valence-corrected chi connectivity index (χ0v) is 14.8. The maximum absolute atomic E-state index is 12.5. The molecule has 1 N–H and O–H groups in total. The lowest BCUT2D eigenvalue weighted by Gasteiger charge is -2.19. The molecule has 0 aliphatic rings. The number of nitrogens with one attached hydrogen (secondary N) is 1. The van der Waals surface area contributed by atoms with Crippen LogP contribution in [0.1, 0.15) is 16.1 Å². The SMILES string of the molecule is COc1ccc(NC(=O)c2cc(N(C)Cc3ccccc3)ccn2)cc1. The van der Waals surface area contributed by atoms with Crippen LogP contribution in [0.3, 0.4) is 0 Å². The van der Waals surface area contributed by atoms with Crippen molar-refractivity contribution in [3.05, 3.63) is 84.2 Å². The van der Waals surface area contributed by atoms with Gasteiger partial charge in [0.25, 0.3) is 5.91 Å². The topological polar surface area (TPSA) is 54.5 Å². The van der Waals surface area contributed by atoms with Gasteiger partial charge in [0, 0.05) is 31.2 Å². The third kappa shape index (κ3) is 4.39. The summed E-state index contributed by atoms with van der Waals surface area (Å²) in [6.07, 6.45) is 1.65. The highest BCUT2D eigenvalue weighted by Gasteiger charge is 2.10. The molecule has 2 aromatic carbocycles. The van der Waals surface area contributed by atoms with Crippen molar-refractivity contribution in [3.8, 4) is 5.75 Å². The molecule has 132 valence electrons. The van der Waals surface area contributed by atoms with Crippen LogP contribution in [0, 0.1) is 0 Å². The fourth-order valence-electron chi connectivity index (χ4n) is 2.60. The normalized spacial score (nSPS) is 10.2. The number of methoxy groups -OCH3 is 1. The van der Waals surface area contributed by atoms with E-state index in [0.29, 0.717) is 11.4 Å². The average Bonchev–Trinajstić information content (AvgIpc) is 2.69. The van der Waals surface area contributed by atoms with Crippen LogP contribution in [-0.2, 0) is 6.54 Å². The van der Waals surface area contributed by atoms with Crippen molar-refractivity contribution in [1.82, 2.24) is 4.98 Å². The van der Waals surface area contributed by atoms with Crippen LogP contribution in [0.4, 0.5) is 11.4 Å². The summed E-state index contributed by atoms with van der Waals surface area (Å²) < 4.78 is 5.12. The molecule has 0 fully saturated rings. The Balaban J connectivity index is 1.70. The van der Waals surface area contributed by atoms with Crippen molar-refractivity contribution in [2.75, 3.05) is 24.4 Å². The molecule has 1 amide bonds. The summed E-state index contributed by atoms with van der Waals surface area (Å²) in [6.45, 7) is 0.754. The molecular formula is C21H21N3O2. The van der Waals surface area contributed by atoms with Crippen LogP contribution < -0.4 is 15.0 Å². The van der Waals surface area contributed by atoms with Gasteiger partial charge in [-0.25, -0.2) is 0 Å². The van der Waals surface area contributed by atoms with Crippen molar-refractivity contribution < 1.29 is 9.53 Å². The van der Waals surface area contributed by atoms with Crippen molar-refractivity contribution in [3.63, 3.8) is 0 Å². The number of ether oxygens (including phenoxy) is 1. The number of carbonyl (C=O) groups is 1. The van der Waals surface area contributed by atoms with E-state index < -0.39 is 0 Å². The minimum absolute atomic E-state index is 0.245. The molecule has 0 aliphatic carbocycles. The monoisotopic (exact) mass is 347 g/mol. The lowest BCUT2D eigenvalue weighted by atomic mass is 10.2. The second kappa shape index (κ2) is 8.16. The highest BCUT2D eigenvalue weighted by atomic mass is 16.5. The minimum Gasteiger partial charge on any atom is -0.497 e. The molecule has 0 bridgehead atoms. The number of aromatic nitrogens is 1. The van der Waals surface area contributed by atoms with E-state index >= 15 is 0 Å². The van der Waals surface area contributed by atoms with E-state index in [2.05, 4.69) is 27.3 Å². The van der Waals surface area contributed by atoms with Crippen LogP contribution in [0.15, 0.2) is 72.9 Å². The Kier molecular flexibility index (Phi) is 5.49. The molecule has 3 rings (SSSR count). The Morgan fingerprint density at radius 1 is 1.08 bits per heavy atom. The van der Waals surface area contributed by atoms with Gasteiger partial charge in [-0.05, 0) is 42.0 Å². The fraction of sp³-hybridized carbons (Fsp3) is 0.143. The van der Waals surface area contributed by atoms with E-state index in [0.717, 1.165) is 18.0 Å². The fourth-order valence-corrected chi connectivity index (χ4v) is 2.60. The predicted octanol–water partition coefficient (Wildman–Crippen LogP) is 3.98. The Bertz CT molecular complexity index is 864. The first-order valence-corrected chi connectivity index (χ1v) is 8.32. The first kappa shape index (κ1) is 17.5. The standard InChI is InChI=1S/C21H21N3O2/c1-24(15-16-6-4-3-5-7-16)18-12-13-22-20(14-18)21(25)23-17-8-10-19(26-2)11-9-17/h3-14H,15H2,1-2H3,(H,23,25). The van der Waals surface area contributed by atoms with Gasteiger partial charge in [-0.1, -0.05) is 30.3 Å². The smallest absolute Gasteiger partial charge is 0.274 e. The lowest BCUT2D eigenvalue weighted by Crippen LogP contribution is -2.18. The maximum Gasteiger partial charge on any atom is 0.274 e. The van der Waals surface area contributed by atoms with Crippen molar-refractivity contribution in [2.45, 2.75) is 6.54 Å². The van der Waals surface area contributed by atoms with E-state index in [4.69, 9.17) is 4.74 Å². The molecule has 5 nitrogen and oxygen atoms in total. The largest absolute Gasteiger partial charge is 0.497 e. The molecule has 0 radical (unpaired) electrons. The first-order chi connectivity index (χ1) is 12.7. The van der Waals surface area contributed by atoms with Gasteiger partial charge in [-0.2, -0.15) is 0 Å². The summed E-state index contributed by atoms with van der Waals surface area (Å²) in [5.74, 6) is 0.496. The second-order valence-corrected chi connectivity index (χ2v) is 5.92. The number of carbonyl (C=O) groups excluding carboxylic acids is 1. The number of hydrogen-bond acceptors (Lipinski definition) is 4.